The van der Waals surface area contributed by atoms with Crippen molar-refractivity contribution in [3.63, 3.8) is 0 Å². The molecule has 1 aromatic heterocycles. The number of hydrogen-bond acceptors (Lipinski definition) is 3. The van der Waals surface area contributed by atoms with Crippen molar-refractivity contribution in [2.45, 2.75) is 44.2 Å². The second-order valence-corrected chi connectivity index (χ2v) is 7.37. The lowest BCUT2D eigenvalue weighted by atomic mass is 9.94. The topological polar surface area (TPSA) is 55.2 Å². The highest BCUT2D eigenvalue weighted by molar-refractivity contribution is 7.89. The van der Waals surface area contributed by atoms with E-state index < -0.39 is 10.0 Å². The molecule has 1 aromatic rings. The van der Waals surface area contributed by atoms with Gasteiger partial charge in [-0.3, -0.25) is 4.68 Å². The van der Waals surface area contributed by atoms with Gasteiger partial charge in [-0.15, -0.1) is 11.6 Å². The molecule has 108 valence electrons. The fraction of sp³-hybridized carbons (Fsp3) is 0.750. The van der Waals surface area contributed by atoms with Crippen LogP contribution in [0.3, 0.4) is 0 Å². The molecule has 2 heterocycles. The monoisotopic (exact) mass is 305 g/mol. The first-order valence-corrected chi connectivity index (χ1v) is 8.54. The smallest absolute Gasteiger partial charge is 0.246 e. The summed E-state index contributed by atoms with van der Waals surface area (Å²) in [6.45, 7) is 5.19. The van der Waals surface area contributed by atoms with Crippen molar-refractivity contribution in [3.8, 4) is 0 Å². The van der Waals surface area contributed by atoms with Crippen LogP contribution in [0.4, 0.5) is 0 Å². The Hall–Kier alpha value is -0.590. The molecule has 5 nitrogen and oxygen atoms in total. The van der Waals surface area contributed by atoms with Crippen LogP contribution in [0.25, 0.3) is 0 Å². The van der Waals surface area contributed by atoms with Gasteiger partial charge in [-0.1, -0.05) is 6.92 Å². The average molecular weight is 306 g/mol. The molecule has 0 aliphatic carbocycles. The Kier molecular flexibility index (Phi) is 4.53. The summed E-state index contributed by atoms with van der Waals surface area (Å²) in [5, 5.41) is 4.04. The third-order valence-corrected chi connectivity index (χ3v) is 5.95. The lowest BCUT2D eigenvalue weighted by Gasteiger charge is -2.36. The molecule has 2 unspecified atom stereocenters. The van der Waals surface area contributed by atoms with Crippen molar-refractivity contribution in [2.75, 3.05) is 12.4 Å². The van der Waals surface area contributed by atoms with E-state index in [0.29, 0.717) is 24.9 Å². The molecule has 7 heteroatoms. The average Bonchev–Trinajstić information content (AvgIpc) is 2.82. The third kappa shape index (κ3) is 2.95. The minimum Gasteiger partial charge on any atom is -0.270 e. The molecule has 1 aliphatic rings. The Morgan fingerprint density at radius 1 is 1.47 bits per heavy atom. The van der Waals surface area contributed by atoms with Gasteiger partial charge in [0.15, 0.2) is 0 Å². The molecule has 0 N–H and O–H groups in total. The van der Waals surface area contributed by atoms with Gasteiger partial charge in [0.05, 0.1) is 12.7 Å². The van der Waals surface area contributed by atoms with Crippen LogP contribution in [0.2, 0.25) is 0 Å². The molecule has 1 fully saturated rings. The van der Waals surface area contributed by atoms with Crippen LogP contribution in [0.5, 0.6) is 0 Å². The molecule has 1 aliphatic heterocycles. The van der Waals surface area contributed by atoms with Gasteiger partial charge in [-0.2, -0.15) is 9.40 Å². The zero-order chi connectivity index (χ0) is 14.0. The van der Waals surface area contributed by atoms with Gasteiger partial charge in [0, 0.05) is 24.7 Å². The highest BCUT2D eigenvalue weighted by Gasteiger charge is 2.35. The fourth-order valence-electron chi connectivity index (χ4n) is 2.46. The molecule has 0 aromatic carbocycles. The summed E-state index contributed by atoms with van der Waals surface area (Å²) in [5.41, 5.74) is 0. The summed E-state index contributed by atoms with van der Waals surface area (Å²) in [4.78, 5) is 0.263. The van der Waals surface area contributed by atoms with E-state index in [1.807, 2.05) is 6.92 Å². The molecule has 1 saturated heterocycles. The van der Waals surface area contributed by atoms with Gasteiger partial charge in [-0.25, -0.2) is 8.42 Å². The van der Waals surface area contributed by atoms with Crippen molar-refractivity contribution in [1.82, 2.24) is 14.1 Å². The van der Waals surface area contributed by atoms with Gasteiger partial charge in [0.25, 0.3) is 0 Å². The second-order valence-electron chi connectivity index (χ2n) is 5.10. The number of halogens is 1. The number of alkyl halides is 1. The summed E-state index contributed by atoms with van der Waals surface area (Å²) < 4.78 is 28.4. The lowest BCUT2D eigenvalue weighted by molar-refractivity contribution is 0.202. The van der Waals surface area contributed by atoms with Gasteiger partial charge in [-0.05, 0) is 25.7 Å². The number of nitrogens with zero attached hydrogens (tertiary/aromatic N) is 3. The molecule has 0 amide bonds. The Labute approximate surface area is 119 Å². The molecule has 0 bridgehead atoms. The van der Waals surface area contributed by atoms with Gasteiger partial charge in [0.1, 0.15) is 4.90 Å². The Morgan fingerprint density at radius 2 is 2.21 bits per heavy atom. The van der Waals surface area contributed by atoms with Gasteiger partial charge in [0.2, 0.25) is 10.0 Å². The van der Waals surface area contributed by atoms with E-state index in [1.165, 1.54) is 6.20 Å². The van der Waals surface area contributed by atoms with Crippen molar-refractivity contribution in [3.05, 3.63) is 12.4 Å². The SMILES string of the molecule is CC1CCCN(S(=O)(=O)c2cnn(CCCl)c2)C1C. The van der Waals surface area contributed by atoms with Crippen molar-refractivity contribution in [1.29, 1.82) is 0 Å². The van der Waals surface area contributed by atoms with E-state index in [1.54, 1.807) is 15.2 Å². The number of sulfonamides is 1. The maximum atomic E-state index is 12.6. The zero-order valence-electron chi connectivity index (χ0n) is 11.3. The predicted molar refractivity (Wildman–Crippen MR) is 74.7 cm³/mol. The van der Waals surface area contributed by atoms with Crippen LogP contribution >= 0.6 is 11.6 Å². The standard InChI is InChI=1S/C12H20ClN3O2S/c1-10-4-3-6-16(11(10)2)19(17,18)12-8-14-15(9-12)7-5-13/h8-11H,3-7H2,1-2H3. The third-order valence-electron chi connectivity index (χ3n) is 3.85. The van der Waals surface area contributed by atoms with Crippen LogP contribution < -0.4 is 0 Å². The highest BCUT2D eigenvalue weighted by Crippen LogP contribution is 2.28. The molecular formula is C12H20ClN3O2S. The Bertz CT molecular complexity index is 529. The Morgan fingerprint density at radius 3 is 2.89 bits per heavy atom. The molecule has 0 saturated carbocycles. The molecule has 0 spiro atoms. The van der Waals surface area contributed by atoms with E-state index >= 15 is 0 Å². The number of rotatable bonds is 4. The summed E-state index contributed by atoms with van der Waals surface area (Å²) in [6.07, 6.45) is 4.97. The van der Waals surface area contributed by atoms with E-state index in [9.17, 15) is 8.42 Å². The first-order chi connectivity index (χ1) is 8.96. The largest absolute Gasteiger partial charge is 0.270 e. The first kappa shape index (κ1) is 14.8. The van der Waals surface area contributed by atoms with Crippen LogP contribution in [0, 0.1) is 5.92 Å². The van der Waals surface area contributed by atoms with Gasteiger partial charge < -0.3 is 0 Å². The van der Waals surface area contributed by atoms with Crippen molar-refractivity contribution < 1.29 is 8.42 Å². The highest BCUT2D eigenvalue weighted by atomic mass is 35.5. The second kappa shape index (κ2) is 5.81. The predicted octanol–water partition coefficient (Wildman–Crippen LogP) is 1.93. The van der Waals surface area contributed by atoms with Crippen LogP contribution in [-0.4, -0.2) is 41.0 Å². The Balaban J connectivity index is 2.25. The first-order valence-electron chi connectivity index (χ1n) is 6.57. The van der Waals surface area contributed by atoms with Gasteiger partial charge >= 0.3 is 0 Å². The van der Waals surface area contributed by atoms with E-state index in [4.69, 9.17) is 11.6 Å². The summed E-state index contributed by atoms with van der Waals surface area (Å²) >= 11 is 5.63. The maximum Gasteiger partial charge on any atom is 0.246 e. The van der Waals surface area contributed by atoms with Crippen LogP contribution in [-0.2, 0) is 16.6 Å². The van der Waals surface area contributed by atoms with Crippen LogP contribution in [0.15, 0.2) is 17.3 Å². The number of piperidine rings is 1. The maximum absolute atomic E-state index is 12.6. The van der Waals surface area contributed by atoms with E-state index in [0.717, 1.165) is 12.8 Å². The minimum absolute atomic E-state index is 0.0372. The molecule has 0 radical (unpaired) electrons. The normalized spacial score (nSPS) is 25.6. The minimum atomic E-state index is -3.43. The molecular weight excluding hydrogens is 286 g/mol. The fourth-order valence-corrected chi connectivity index (χ4v) is 4.35. The van der Waals surface area contributed by atoms with E-state index in [2.05, 4.69) is 12.0 Å². The quantitative estimate of drug-likeness (QED) is 0.799. The number of aromatic nitrogens is 2. The zero-order valence-corrected chi connectivity index (χ0v) is 12.9. The summed E-state index contributed by atoms with van der Waals surface area (Å²) in [6, 6.07) is 0.0372. The van der Waals surface area contributed by atoms with E-state index in [-0.39, 0.29) is 10.9 Å². The number of aryl methyl sites for hydroxylation is 1. The summed E-state index contributed by atoms with van der Waals surface area (Å²) in [7, 11) is -3.43. The lowest BCUT2D eigenvalue weighted by Crippen LogP contribution is -2.45. The van der Waals surface area contributed by atoms with Crippen LogP contribution in [0.1, 0.15) is 26.7 Å². The van der Waals surface area contributed by atoms with Crippen molar-refractivity contribution in [2.24, 2.45) is 5.92 Å². The molecule has 2 atom stereocenters. The summed E-state index contributed by atoms with van der Waals surface area (Å²) in [5.74, 6) is 0.805. The van der Waals surface area contributed by atoms with Crippen molar-refractivity contribution >= 4 is 21.6 Å². The number of hydrogen-bond donors (Lipinski definition) is 0. The molecule has 19 heavy (non-hydrogen) atoms. The molecule has 2 rings (SSSR count).